The second-order valence-corrected chi connectivity index (χ2v) is 14.1. The summed E-state index contributed by atoms with van der Waals surface area (Å²) in [5, 5.41) is 48.8. The van der Waals surface area contributed by atoms with Gasteiger partial charge in [0.1, 0.15) is 82.1 Å². The molecule has 5 rings (SSSR count). The highest BCUT2D eigenvalue weighted by Crippen LogP contribution is 2.48. The van der Waals surface area contributed by atoms with Crippen LogP contribution in [0.25, 0.3) is 33.4 Å². The van der Waals surface area contributed by atoms with Gasteiger partial charge in [0.05, 0.1) is 31.0 Å². The van der Waals surface area contributed by atoms with E-state index in [9.17, 15) is 49.5 Å². The molecule has 1 aliphatic carbocycles. The number of ether oxygens (including phenoxy) is 3. The van der Waals surface area contributed by atoms with E-state index in [-0.39, 0.29) is 52.8 Å². The summed E-state index contributed by atoms with van der Waals surface area (Å²) in [5.74, 6) is -6.74. The van der Waals surface area contributed by atoms with Crippen molar-refractivity contribution in [1.29, 1.82) is 0 Å². The van der Waals surface area contributed by atoms with Crippen LogP contribution < -0.4 is 38.8 Å². The molecule has 3 aromatic carbocycles. The summed E-state index contributed by atoms with van der Waals surface area (Å²) in [7, 11) is 8.44. The van der Waals surface area contributed by atoms with E-state index in [4.69, 9.17) is 18.6 Å². The largest absolute Gasteiger partial charge is 0.496 e. The van der Waals surface area contributed by atoms with Gasteiger partial charge < -0.3 is 58.9 Å². The zero-order valence-electron chi connectivity index (χ0n) is 33.8. The van der Waals surface area contributed by atoms with E-state index in [0.717, 1.165) is 15.5 Å². The molecular weight excluding hydrogens is 803 g/mol. The fraction of sp³-hybridized carbons (Fsp3) is 0.286. The third-order valence-electron chi connectivity index (χ3n) is 9.28. The summed E-state index contributed by atoms with van der Waals surface area (Å²) < 4.78 is 41.8. The Morgan fingerprint density at radius 2 is 1.25 bits per heavy atom. The van der Waals surface area contributed by atoms with E-state index >= 15 is 4.39 Å². The Balaban J connectivity index is 1.67. The molecule has 322 valence electrons. The van der Waals surface area contributed by atoms with Crippen LogP contribution in [0, 0.1) is 5.82 Å². The monoisotopic (exact) mass is 847 g/mol. The molecule has 19 heteroatoms. The highest BCUT2D eigenvalue weighted by Gasteiger charge is 2.27. The number of hydrogen-bond acceptors (Lipinski definition) is 12. The van der Waals surface area contributed by atoms with Gasteiger partial charge in [-0.1, -0.05) is 6.07 Å². The average molecular weight is 848 g/mol. The van der Waals surface area contributed by atoms with Crippen molar-refractivity contribution in [3.63, 3.8) is 0 Å². The molecule has 18 nitrogen and oxygen atoms in total. The molecule has 0 bridgehead atoms. The number of aliphatic carboxylic acids is 5. The van der Waals surface area contributed by atoms with E-state index in [1.54, 1.807) is 30.8 Å². The van der Waals surface area contributed by atoms with Crippen LogP contribution in [0.1, 0.15) is 5.56 Å². The maximum absolute atomic E-state index is 15.8. The molecule has 0 fully saturated rings. The summed E-state index contributed by atoms with van der Waals surface area (Å²) >= 11 is 0. The van der Waals surface area contributed by atoms with Crippen LogP contribution in [0.15, 0.2) is 65.1 Å². The van der Waals surface area contributed by atoms with Crippen molar-refractivity contribution in [2.45, 2.75) is 6.42 Å². The molecule has 5 N–H and O–H groups in total. The zero-order chi connectivity index (χ0) is 44.7. The third-order valence-corrected chi connectivity index (χ3v) is 9.28. The molecule has 61 heavy (non-hydrogen) atoms. The Bertz CT molecular complexity index is 2520. The van der Waals surface area contributed by atoms with Crippen molar-refractivity contribution in [2.24, 2.45) is 0 Å². The van der Waals surface area contributed by atoms with E-state index in [0.29, 0.717) is 33.4 Å². The van der Waals surface area contributed by atoms with Crippen molar-refractivity contribution in [3.05, 3.63) is 77.4 Å². The van der Waals surface area contributed by atoms with Crippen molar-refractivity contribution in [1.82, 2.24) is 4.58 Å². The quantitative estimate of drug-likeness (QED) is 0.0428. The van der Waals surface area contributed by atoms with Crippen molar-refractivity contribution in [2.75, 3.05) is 89.4 Å². The number of nitrogens with zero attached hydrogens (tertiary/aromatic N) is 4. The molecule has 0 atom stereocenters. The molecule has 0 aromatic heterocycles. The van der Waals surface area contributed by atoms with E-state index < -0.39 is 68.3 Å². The standard InChI is InChI=1S/C42H43FN4O14/c1-44(2)24-7-8-25-34(14-24)61-35-17-29(45(3)4)28(43)15-26(35)42(25)27-16-36(31(18-33(27)58-5)47(21-40(54)55)22-41(56)57)60-11-10-59-32-9-6-23(13-37(48)49)12-30(32)46(19-38(50)51)20-39(52)53/h6-9,12,14-18H,10-11,13,19-22H2,1-5H3,(H4-,48,49,50,51,52,53,54,55,56,57)/p+1. The number of carboxylic acids is 5. The molecule has 0 amide bonds. The SMILES string of the molecule is COc1cc(N(CC(=O)O)CC(=O)O)c(OCCOc2ccc(CC(=O)O)cc2N(CC(=O)O)CC(=O)O)cc1-c1c2cc(F)c(=[N+](C)C)cc-2oc2cc(N(C)C)ccc12. The van der Waals surface area contributed by atoms with Gasteiger partial charge in [-0.3, -0.25) is 24.0 Å². The molecule has 1 aliphatic heterocycles. The normalized spacial score (nSPS) is 10.9. The molecule has 0 saturated heterocycles. The lowest BCUT2D eigenvalue weighted by Crippen LogP contribution is -2.35. The summed E-state index contributed by atoms with van der Waals surface area (Å²) in [6, 6.07) is 15.3. The molecule has 0 radical (unpaired) electrons. The number of hydrogen-bond donors (Lipinski definition) is 5. The first kappa shape index (κ1) is 44.5. The highest BCUT2D eigenvalue weighted by atomic mass is 19.1. The smallest absolute Gasteiger partial charge is 0.323 e. The number of carbonyl (C=O) groups is 5. The van der Waals surface area contributed by atoms with Gasteiger partial charge >= 0.3 is 29.8 Å². The molecule has 0 saturated carbocycles. The maximum Gasteiger partial charge on any atom is 0.323 e. The fourth-order valence-electron chi connectivity index (χ4n) is 6.70. The Kier molecular flexibility index (Phi) is 13.9. The van der Waals surface area contributed by atoms with E-state index in [1.165, 1.54) is 43.5 Å². The van der Waals surface area contributed by atoms with Gasteiger partial charge in [0.15, 0.2) is 5.82 Å². The lowest BCUT2D eigenvalue weighted by atomic mass is 9.92. The summed E-state index contributed by atoms with van der Waals surface area (Å²) in [4.78, 5) is 62.8. The molecule has 0 unspecified atom stereocenters. The van der Waals surface area contributed by atoms with Gasteiger partial charge in [-0.15, -0.1) is 0 Å². The predicted molar refractivity (Wildman–Crippen MR) is 220 cm³/mol. The minimum Gasteiger partial charge on any atom is -0.496 e. The summed E-state index contributed by atoms with van der Waals surface area (Å²) in [5.41, 5.74) is 2.58. The Morgan fingerprint density at radius 3 is 1.77 bits per heavy atom. The Labute approximate surface area is 347 Å². The number of anilines is 3. The first-order valence-electron chi connectivity index (χ1n) is 18.4. The van der Waals surface area contributed by atoms with Crippen LogP contribution in [0.4, 0.5) is 21.5 Å². The van der Waals surface area contributed by atoms with Crippen molar-refractivity contribution >= 4 is 57.9 Å². The number of halogens is 1. The van der Waals surface area contributed by atoms with Crippen molar-refractivity contribution < 1.29 is 72.5 Å². The lowest BCUT2D eigenvalue weighted by Gasteiger charge is -2.26. The van der Waals surface area contributed by atoms with Crippen molar-refractivity contribution in [3.8, 4) is 39.7 Å². The summed E-state index contributed by atoms with van der Waals surface area (Å²) in [6.07, 6.45) is -0.448. The second kappa shape index (κ2) is 19.0. The second-order valence-electron chi connectivity index (χ2n) is 14.1. The van der Waals surface area contributed by atoms with Crippen LogP contribution in [-0.4, -0.2) is 130 Å². The molecule has 1 heterocycles. The van der Waals surface area contributed by atoms with Crippen LogP contribution in [-0.2, 0) is 30.4 Å². The zero-order valence-corrected chi connectivity index (χ0v) is 33.8. The molecule has 0 spiro atoms. The van der Waals surface area contributed by atoms with Gasteiger partial charge in [-0.05, 0) is 42.0 Å². The Morgan fingerprint density at radius 1 is 0.672 bits per heavy atom. The average Bonchev–Trinajstić information content (AvgIpc) is 3.16. The number of benzene rings is 4. The van der Waals surface area contributed by atoms with E-state index in [1.807, 2.05) is 31.1 Å². The minimum absolute atomic E-state index is 0.00315. The van der Waals surface area contributed by atoms with Crippen LogP contribution in [0.3, 0.4) is 0 Å². The fourth-order valence-corrected chi connectivity index (χ4v) is 6.70. The molecular formula is C42H44FN4O14+. The maximum atomic E-state index is 15.8. The third kappa shape index (κ3) is 10.7. The van der Waals surface area contributed by atoms with Gasteiger partial charge in [0.25, 0.3) is 0 Å². The number of fused-ring (bicyclic) bond motifs is 2. The predicted octanol–water partition coefficient (Wildman–Crippen LogP) is 3.49. The van der Waals surface area contributed by atoms with Crippen LogP contribution in [0.5, 0.6) is 17.2 Å². The first-order chi connectivity index (χ1) is 28.9. The van der Waals surface area contributed by atoms with Crippen LogP contribution in [0.2, 0.25) is 0 Å². The molecule has 2 aliphatic rings. The topological polar surface area (TPSA) is 240 Å². The minimum atomic E-state index is -1.36. The summed E-state index contributed by atoms with van der Waals surface area (Å²) in [6.45, 7) is -3.65. The number of methoxy groups -OCH3 is 1. The van der Waals surface area contributed by atoms with Crippen LogP contribution >= 0.6 is 0 Å². The Hall–Kier alpha value is -7.57. The van der Waals surface area contributed by atoms with Gasteiger partial charge in [-0.2, -0.15) is 4.39 Å². The van der Waals surface area contributed by atoms with Gasteiger partial charge in [0, 0.05) is 54.0 Å². The molecule has 3 aromatic rings. The first-order valence-corrected chi connectivity index (χ1v) is 18.4. The number of rotatable bonds is 20. The van der Waals surface area contributed by atoms with Gasteiger partial charge in [-0.25, -0.2) is 4.58 Å². The number of carboxylic acid groups (broad SMARTS) is 5. The van der Waals surface area contributed by atoms with Gasteiger partial charge in [0.2, 0.25) is 5.36 Å². The lowest BCUT2D eigenvalue weighted by molar-refractivity contribution is -0.138. The highest BCUT2D eigenvalue weighted by molar-refractivity contribution is 6.04. The van der Waals surface area contributed by atoms with E-state index in [2.05, 4.69) is 0 Å².